The molecule has 0 saturated heterocycles. The zero-order valence-corrected chi connectivity index (χ0v) is 10.4. The molecule has 2 aromatic rings. The topological polar surface area (TPSA) is 45.1 Å². The molecule has 0 amide bonds. The van der Waals surface area contributed by atoms with Gasteiger partial charge in [0.05, 0.1) is 11.1 Å². The average Bonchev–Trinajstić information content (AvgIpc) is 2.84. The molecule has 0 aliphatic heterocycles. The number of rotatable bonds is 3. The number of benzene rings is 1. The molecule has 1 aromatic heterocycles. The highest BCUT2D eigenvalue weighted by Crippen LogP contribution is 2.30. The van der Waals surface area contributed by atoms with E-state index in [0.29, 0.717) is 6.54 Å². The molecule has 2 N–H and O–H groups in total. The van der Waals surface area contributed by atoms with Crippen LogP contribution in [0.1, 0.15) is 25.7 Å². The summed E-state index contributed by atoms with van der Waals surface area (Å²) < 4.78 is 0. The zero-order chi connectivity index (χ0) is 12.4. The Bertz CT molecular complexity index is 542. The van der Waals surface area contributed by atoms with Gasteiger partial charge in [0.25, 0.3) is 0 Å². The lowest BCUT2D eigenvalue weighted by molar-refractivity contribution is 0.0615. The molecule has 1 heterocycles. The molecule has 0 unspecified atom stereocenters. The first-order valence-electron chi connectivity index (χ1n) is 6.57. The molecule has 0 spiro atoms. The fraction of sp³-hybridized carbons (Fsp3) is 0.400. The number of nitrogens with one attached hydrogen (secondary N) is 1. The normalized spacial score (nSPS) is 18.1. The van der Waals surface area contributed by atoms with E-state index in [0.717, 1.165) is 42.3 Å². The lowest BCUT2D eigenvalue weighted by atomic mass is 10.0. The maximum absolute atomic E-state index is 10.3. The van der Waals surface area contributed by atoms with Crippen LogP contribution in [0.5, 0.6) is 0 Å². The summed E-state index contributed by atoms with van der Waals surface area (Å²) in [4.78, 5) is 4.34. The summed E-state index contributed by atoms with van der Waals surface area (Å²) in [6.07, 6.45) is 5.89. The number of pyridine rings is 1. The van der Waals surface area contributed by atoms with Gasteiger partial charge < -0.3 is 10.4 Å². The first-order chi connectivity index (χ1) is 8.77. The Morgan fingerprint density at radius 2 is 1.94 bits per heavy atom. The highest BCUT2D eigenvalue weighted by molar-refractivity contribution is 5.90. The molecule has 1 saturated carbocycles. The van der Waals surface area contributed by atoms with E-state index in [9.17, 15) is 5.11 Å². The molecule has 1 aliphatic rings. The Kier molecular flexibility index (Phi) is 2.92. The van der Waals surface area contributed by atoms with Crippen LogP contribution in [0.3, 0.4) is 0 Å². The summed E-state index contributed by atoms with van der Waals surface area (Å²) in [6.45, 7) is 0.626. The highest BCUT2D eigenvalue weighted by Gasteiger charge is 2.30. The Morgan fingerprint density at radius 3 is 2.78 bits per heavy atom. The minimum Gasteiger partial charge on any atom is -0.388 e. The Labute approximate surface area is 107 Å². The summed E-state index contributed by atoms with van der Waals surface area (Å²) in [6, 6.07) is 10.0. The number of fused-ring (bicyclic) bond motifs is 1. The summed E-state index contributed by atoms with van der Waals surface area (Å²) in [7, 11) is 0. The maximum atomic E-state index is 10.3. The molecule has 0 atom stereocenters. The maximum Gasteiger partial charge on any atom is 0.0819 e. The van der Waals surface area contributed by atoms with Crippen LogP contribution in [0.15, 0.2) is 36.5 Å². The number of hydrogen-bond acceptors (Lipinski definition) is 3. The molecule has 3 rings (SSSR count). The molecular formula is C15H18N2O. The van der Waals surface area contributed by atoms with Gasteiger partial charge in [0, 0.05) is 23.8 Å². The first-order valence-corrected chi connectivity index (χ1v) is 6.57. The highest BCUT2D eigenvalue weighted by atomic mass is 16.3. The van der Waals surface area contributed by atoms with Gasteiger partial charge in [0.2, 0.25) is 0 Å². The van der Waals surface area contributed by atoms with Gasteiger partial charge in [-0.05, 0) is 25.0 Å². The third-order valence-corrected chi connectivity index (χ3v) is 3.79. The predicted octanol–water partition coefficient (Wildman–Crippen LogP) is 2.95. The van der Waals surface area contributed by atoms with Crippen molar-refractivity contribution in [1.29, 1.82) is 0 Å². The monoisotopic (exact) mass is 242 g/mol. The van der Waals surface area contributed by atoms with Crippen molar-refractivity contribution in [1.82, 2.24) is 4.98 Å². The van der Waals surface area contributed by atoms with Gasteiger partial charge in [-0.2, -0.15) is 0 Å². The van der Waals surface area contributed by atoms with Crippen LogP contribution in [0.25, 0.3) is 10.9 Å². The number of para-hydroxylation sites is 1. The van der Waals surface area contributed by atoms with Crippen LogP contribution in [0.2, 0.25) is 0 Å². The van der Waals surface area contributed by atoms with Gasteiger partial charge in [-0.3, -0.25) is 4.98 Å². The van der Waals surface area contributed by atoms with Crippen LogP contribution >= 0.6 is 0 Å². The predicted molar refractivity (Wildman–Crippen MR) is 73.7 cm³/mol. The fourth-order valence-electron chi connectivity index (χ4n) is 2.72. The molecule has 3 heteroatoms. The van der Waals surface area contributed by atoms with E-state index in [1.54, 1.807) is 0 Å². The van der Waals surface area contributed by atoms with Crippen LogP contribution in [-0.4, -0.2) is 22.2 Å². The van der Waals surface area contributed by atoms with E-state index in [4.69, 9.17) is 0 Å². The van der Waals surface area contributed by atoms with Crippen molar-refractivity contribution in [2.45, 2.75) is 31.3 Å². The smallest absolute Gasteiger partial charge is 0.0819 e. The van der Waals surface area contributed by atoms with Crippen LogP contribution in [0, 0.1) is 0 Å². The molecule has 94 valence electrons. The second-order valence-corrected chi connectivity index (χ2v) is 5.16. The van der Waals surface area contributed by atoms with Gasteiger partial charge in [-0.1, -0.05) is 31.0 Å². The lowest BCUT2D eigenvalue weighted by Crippen LogP contribution is -2.33. The third-order valence-electron chi connectivity index (χ3n) is 3.79. The van der Waals surface area contributed by atoms with Gasteiger partial charge in [0.1, 0.15) is 0 Å². The Balaban J connectivity index is 1.82. The van der Waals surface area contributed by atoms with Crippen LogP contribution < -0.4 is 5.32 Å². The van der Waals surface area contributed by atoms with Crippen LogP contribution in [-0.2, 0) is 0 Å². The minimum atomic E-state index is -0.523. The van der Waals surface area contributed by atoms with Crippen molar-refractivity contribution in [3.05, 3.63) is 36.5 Å². The lowest BCUT2D eigenvalue weighted by Gasteiger charge is -2.23. The summed E-state index contributed by atoms with van der Waals surface area (Å²) in [5.74, 6) is 0. The van der Waals surface area contributed by atoms with E-state index in [1.807, 2.05) is 30.5 Å². The van der Waals surface area contributed by atoms with Crippen molar-refractivity contribution in [3.8, 4) is 0 Å². The molecule has 1 aliphatic carbocycles. The second kappa shape index (κ2) is 4.58. The number of hydrogen-bond donors (Lipinski definition) is 2. The van der Waals surface area contributed by atoms with Crippen LogP contribution in [0.4, 0.5) is 5.69 Å². The minimum absolute atomic E-state index is 0.523. The first kappa shape index (κ1) is 11.5. The van der Waals surface area contributed by atoms with Gasteiger partial charge in [-0.25, -0.2) is 0 Å². The molecular weight excluding hydrogens is 224 g/mol. The van der Waals surface area contributed by atoms with Crippen molar-refractivity contribution in [2.75, 3.05) is 11.9 Å². The molecule has 0 radical (unpaired) electrons. The molecule has 3 nitrogen and oxygen atoms in total. The Morgan fingerprint density at radius 1 is 1.17 bits per heavy atom. The van der Waals surface area contributed by atoms with E-state index >= 15 is 0 Å². The quantitative estimate of drug-likeness (QED) is 0.869. The van der Waals surface area contributed by atoms with Crippen molar-refractivity contribution in [2.24, 2.45) is 0 Å². The largest absolute Gasteiger partial charge is 0.388 e. The van der Waals surface area contributed by atoms with E-state index in [1.165, 1.54) is 0 Å². The van der Waals surface area contributed by atoms with Gasteiger partial charge in [-0.15, -0.1) is 0 Å². The molecule has 1 aromatic carbocycles. The summed E-state index contributed by atoms with van der Waals surface area (Å²) >= 11 is 0. The number of nitrogens with zero attached hydrogens (tertiary/aromatic N) is 1. The average molecular weight is 242 g/mol. The van der Waals surface area contributed by atoms with E-state index in [-0.39, 0.29) is 0 Å². The number of anilines is 1. The number of aromatic nitrogens is 1. The van der Waals surface area contributed by atoms with Gasteiger partial charge in [0.15, 0.2) is 0 Å². The zero-order valence-electron chi connectivity index (χ0n) is 10.4. The Hall–Kier alpha value is -1.61. The SMILES string of the molecule is OC1(CNc2ccnc3ccccc23)CCCC1. The van der Waals surface area contributed by atoms with Crippen molar-refractivity contribution >= 4 is 16.6 Å². The molecule has 1 fully saturated rings. The second-order valence-electron chi connectivity index (χ2n) is 5.16. The standard InChI is InChI=1S/C15H18N2O/c18-15(8-3-4-9-15)11-17-14-7-10-16-13-6-2-1-5-12(13)14/h1-2,5-7,10,18H,3-4,8-9,11H2,(H,16,17). The molecule has 18 heavy (non-hydrogen) atoms. The van der Waals surface area contributed by atoms with E-state index in [2.05, 4.69) is 16.4 Å². The summed E-state index contributed by atoms with van der Waals surface area (Å²) in [5, 5.41) is 14.8. The van der Waals surface area contributed by atoms with E-state index < -0.39 is 5.60 Å². The van der Waals surface area contributed by atoms with Crippen molar-refractivity contribution in [3.63, 3.8) is 0 Å². The third kappa shape index (κ3) is 2.18. The molecule has 0 bridgehead atoms. The van der Waals surface area contributed by atoms with Gasteiger partial charge >= 0.3 is 0 Å². The fourth-order valence-corrected chi connectivity index (χ4v) is 2.72. The number of aliphatic hydroxyl groups is 1. The van der Waals surface area contributed by atoms with Crippen molar-refractivity contribution < 1.29 is 5.11 Å². The summed E-state index contributed by atoms with van der Waals surface area (Å²) in [5.41, 5.74) is 1.52.